The van der Waals surface area contributed by atoms with Gasteiger partial charge in [0, 0.05) is 5.41 Å². The minimum atomic E-state index is 0.212. The van der Waals surface area contributed by atoms with Gasteiger partial charge in [-0.15, -0.1) is 0 Å². The van der Waals surface area contributed by atoms with Crippen molar-refractivity contribution in [1.29, 1.82) is 0 Å². The fourth-order valence-corrected chi connectivity index (χ4v) is 4.38. The fraction of sp³-hybridized carbons (Fsp3) is 0.520. The molecule has 0 amide bonds. The Balaban J connectivity index is 2.01. The summed E-state index contributed by atoms with van der Waals surface area (Å²) in [6.45, 7) is 11.4. The summed E-state index contributed by atoms with van der Waals surface area (Å²) in [5, 5.41) is 0. The zero-order valence-corrected chi connectivity index (χ0v) is 16.7. The molecule has 0 heterocycles. The lowest BCUT2D eigenvalue weighted by molar-refractivity contribution is 0.345. The van der Waals surface area contributed by atoms with Crippen molar-refractivity contribution in [2.24, 2.45) is 0 Å². The van der Waals surface area contributed by atoms with Crippen LogP contribution in [-0.4, -0.2) is 0 Å². The Morgan fingerprint density at radius 1 is 0.720 bits per heavy atom. The van der Waals surface area contributed by atoms with Crippen LogP contribution in [0.2, 0.25) is 0 Å². The monoisotopic (exact) mass is 334 g/mol. The van der Waals surface area contributed by atoms with Gasteiger partial charge < -0.3 is 0 Å². The highest BCUT2D eigenvalue weighted by Gasteiger charge is 2.35. The largest absolute Gasteiger partial charge is 0.0587 e. The van der Waals surface area contributed by atoms with E-state index in [2.05, 4.69) is 83.1 Å². The van der Waals surface area contributed by atoms with Gasteiger partial charge in [0.1, 0.15) is 0 Å². The second-order valence-corrected chi connectivity index (χ2v) is 9.25. The Morgan fingerprint density at radius 2 is 1.20 bits per heavy atom. The average Bonchev–Trinajstić information content (AvgIpc) is 2.62. The van der Waals surface area contributed by atoms with E-state index in [0.29, 0.717) is 5.92 Å². The van der Waals surface area contributed by atoms with Gasteiger partial charge in [-0.1, -0.05) is 102 Å². The third-order valence-electron chi connectivity index (χ3n) is 6.14. The van der Waals surface area contributed by atoms with E-state index < -0.39 is 0 Å². The first-order valence-corrected chi connectivity index (χ1v) is 10.0. The van der Waals surface area contributed by atoms with Crippen molar-refractivity contribution in [2.75, 3.05) is 0 Å². The zero-order chi connectivity index (χ0) is 18.1. The Hall–Kier alpha value is -1.56. The molecule has 1 fully saturated rings. The van der Waals surface area contributed by atoms with E-state index >= 15 is 0 Å². The molecule has 0 saturated heterocycles. The highest BCUT2D eigenvalue weighted by Crippen LogP contribution is 2.45. The SMILES string of the molecule is CC(C)c1ccc(C2(c3ccc(C(C)(C)C)cc3)CCCCC2)cc1. The van der Waals surface area contributed by atoms with E-state index in [0.717, 1.165) is 0 Å². The van der Waals surface area contributed by atoms with E-state index in [9.17, 15) is 0 Å². The molecule has 0 bridgehead atoms. The molecular formula is C25H34. The Labute approximate surface area is 154 Å². The molecule has 25 heavy (non-hydrogen) atoms. The van der Waals surface area contributed by atoms with Gasteiger partial charge in [0.25, 0.3) is 0 Å². The minimum absolute atomic E-state index is 0.212. The molecule has 0 heteroatoms. The third-order valence-corrected chi connectivity index (χ3v) is 6.14. The van der Waals surface area contributed by atoms with E-state index in [1.807, 2.05) is 0 Å². The molecule has 1 aliphatic rings. The van der Waals surface area contributed by atoms with Crippen LogP contribution in [0.25, 0.3) is 0 Å². The van der Waals surface area contributed by atoms with Crippen LogP contribution < -0.4 is 0 Å². The lowest BCUT2D eigenvalue weighted by Gasteiger charge is -2.39. The summed E-state index contributed by atoms with van der Waals surface area (Å²) in [5.41, 5.74) is 6.33. The smallest absolute Gasteiger partial charge is 0.0202 e. The van der Waals surface area contributed by atoms with Crippen molar-refractivity contribution in [3.05, 3.63) is 70.8 Å². The summed E-state index contributed by atoms with van der Waals surface area (Å²) in [6.07, 6.45) is 6.62. The molecule has 0 radical (unpaired) electrons. The lowest BCUT2D eigenvalue weighted by Crippen LogP contribution is -2.30. The van der Waals surface area contributed by atoms with E-state index in [4.69, 9.17) is 0 Å². The van der Waals surface area contributed by atoms with Crippen molar-refractivity contribution < 1.29 is 0 Å². The van der Waals surface area contributed by atoms with Crippen LogP contribution in [0.1, 0.15) is 94.9 Å². The number of hydrogen-bond acceptors (Lipinski definition) is 0. The molecule has 0 nitrogen and oxygen atoms in total. The van der Waals surface area contributed by atoms with Crippen molar-refractivity contribution in [2.45, 2.75) is 83.5 Å². The van der Waals surface area contributed by atoms with Gasteiger partial charge in [-0.2, -0.15) is 0 Å². The predicted molar refractivity (Wildman–Crippen MR) is 110 cm³/mol. The first-order chi connectivity index (χ1) is 11.8. The average molecular weight is 335 g/mol. The zero-order valence-electron chi connectivity index (χ0n) is 16.7. The van der Waals surface area contributed by atoms with Crippen LogP contribution in [0, 0.1) is 0 Å². The molecule has 0 N–H and O–H groups in total. The number of benzene rings is 2. The van der Waals surface area contributed by atoms with Crippen molar-refractivity contribution >= 4 is 0 Å². The maximum Gasteiger partial charge on any atom is 0.0202 e. The van der Waals surface area contributed by atoms with Gasteiger partial charge in [0.15, 0.2) is 0 Å². The summed E-state index contributed by atoms with van der Waals surface area (Å²) in [5.74, 6) is 0.599. The third kappa shape index (κ3) is 3.68. The van der Waals surface area contributed by atoms with E-state index in [-0.39, 0.29) is 10.8 Å². The standard InChI is InChI=1S/C25H34/c1-19(2)20-9-11-22(12-10-20)25(17-7-6-8-18-25)23-15-13-21(14-16-23)24(3,4)5/h9-16,19H,6-8,17-18H2,1-5H3. The summed E-state index contributed by atoms with van der Waals surface area (Å²) < 4.78 is 0. The van der Waals surface area contributed by atoms with Gasteiger partial charge in [0.2, 0.25) is 0 Å². The summed E-state index contributed by atoms with van der Waals surface area (Å²) in [4.78, 5) is 0. The quantitative estimate of drug-likeness (QED) is 0.550. The van der Waals surface area contributed by atoms with Gasteiger partial charge in [-0.3, -0.25) is 0 Å². The number of rotatable bonds is 3. The maximum absolute atomic E-state index is 2.41. The highest BCUT2D eigenvalue weighted by atomic mass is 14.4. The van der Waals surface area contributed by atoms with Crippen LogP contribution in [0.5, 0.6) is 0 Å². The molecular weight excluding hydrogens is 300 g/mol. The summed E-state index contributed by atoms with van der Waals surface area (Å²) in [6, 6.07) is 19.0. The molecule has 134 valence electrons. The van der Waals surface area contributed by atoms with Gasteiger partial charge in [-0.25, -0.2) is 0 Å². The van der Waals surface area contributed by atoms with Gasteiger partial charge in [-0.05, 0) is 46.4 Å². The predicted octanol–water partition coefficient (Wildman–Crippen LogP) is 7.36. The van der Waals surface area contributed by atoms with Gasteiger partial charge >= 0.3 is 0 Å². The molecule has 0 aliphatic heterocycles. The van der Waals surface area contributed by atoms with E-state index in [1.54, 1.807) is 0 Å². The van der Waals surface area contributed by atoms with Crippen LogP contribution >= 0.6 is 0 Å². The molecule has 2 aromatic carbocycles. The minimum Gasteiger partial charge on any atom is -0.0587 e. The molecule has 2 aromatic rings. The van der Waals surface area contributed by atoms with Gasteiger partial charge in [0.05, 0.1) is 0 Å². The van der Waals surface area contributed by atoms with Crippen LogP contribution in [0.4, 0.5) is 0 Å². The Morgan fingerprint density at radius 3 is 1.64 bits per heavy atom. The Bertz CT molecular complexity index is 674. The molecule has 0 atom stereocenters. The molecule has 0 spiro atoms. The van der Waals surface area contributed by atoms with E-state index in [1.165, 1.54) is 54.4 Å². The molecule has 1 aliphatic carbocycles. The van der Waals surface area contributed by atoms with Crippen LogP contribution in [-0.2, 0) is 10.8 Å². The first-order valence-electron chi connectivity index (χ1n) is 10.0. The second-order valence-electron chi connectivity index (χ2n) is 9.25. The van der Waals surface area contributed by atoms with Crippen LogP contribution in [0.3, 0.4) is 0 Å². The first kappa shape index (κ1) is 18.2. The van der Waals surface area contributed by atoms with Crippen molar-refractivity contribution in [3.8, 4) is 0 Å². The fourth-order valence-electron chi connectivity index (χ4n) is 4.38. The highest BCUT2D eigenvalue weighted by molar-refractivity contribution is 5.43. The molecule has 3 rings (SSSR count). The van der Waals surface area contributed by atoms with Crippen molar-refractivity contribution in [1.82, 2.24) is 0 Å². The van der Waals surface area contributed by atoms with Crippen LogP contribution in [0.15, 0.2) is 48.5 Å². The molecule has 0 unspecified atom stereocenters. The topological polar surface area (TPSA) is 0 Å². The molecule has 0 aromatic heterocycles. The van der Waals surface area contributed by atoms with Crippen molar-refractivity contribution in [3.63, 3.8) is 0 Å². The Kier molecular flexibility index (Phi) is 5.09. The summed E-state index contributed by atoms with van der Waals surface area (Å²) in [7, 11) is 0. The second kappa shape index (κ2) is 6.98. The molecule has 1 saturated carbocycles. The normalized spacial score (nSPS) is 17.7. The lowest BCUT2D eigenvalue weighted by atomic mass is 9.65. The number of hydrogen-bond donors (Lipinski definition) is 0. The maximum atomic E-state index is 2.41. The summed E-state index contributed by atoms with van der Waals surface area (Å²) >= 11 is 0.